The number of nitrogens with one attached hydrogen (secondary N) is 1. The smallest absolute Gasteiger partial charge is 0.410 e. The lowest BCUT2D eigenvalue weighted by Crippen LogP contribution is -2.50. The zero-order chi connectivity index (χ0) is 22.5. The van der Waals surface area contributed by atoms with Gasteiger partial charge in [-0.2, -0.15) is 5.26 Å². The topological polar surface area (TPSA) is 115 Å². The monoisotopic (exact) mass is 453 g/mol. The molecule has 2 rings (SSSR count). The molecule has 1 N–H and O–H groups in total. The Kier molecular flexibility index (Phi) is 7.60. The van der Waals surface area contributed by atoms with Gasteiger partial charge in [0, 0.05) is 32.4 Å². The van der Waals surface area contributed by atoms with Gasteiger partial charge in [0.1, 0.15) is 5.60 Å². The number of carbonyl (C=O) groups is 1. The molecule has 1 aromatic carbocycles. The zero-order valence-electron chi connectivity index (χ0n) is 17.8. The first-order valence-corrected chi connectivity index (χ1v) is 12.4. The fraction of sp³-hybridized carbons (Fsp3) is 0.526. The maximum atomic E-state index is 12.3. The largest absolute Gasteiger partial charge is 0.444 e. The minimum Gasteiger partial charge on any atom is -0.444 e. The summed E-state index contributed by atoms with van der Waals surface area (Å²) in [4.78, 5) is 20.6. The third-order valence-corrected chi connectivity index (χ3v) is 5.92. The Bertz CT molecular complexity index is 956. The van der Waals surface area contributed by atoms with Crippen molar-refractivity contribution in [1.29, 1.82) is 5.26 Å². The molecule has 1 aliphatic heterocycles. The molecule has 0 bridgehead atoms. The Labute approximate surface area is 182 Å². The highest BCUT2D eigenvalue weighted by atomic mass is 32.2. The van der Waals surface area contributed by atoms with Crippen molar-refractivity contribution in [2.75, 3.05) is 43.6 Å². The number of benzene rings is 1. The van der Waals surface area contributed by atoms with Crippen LogP contribution in [0.3, 0.4) is 0 Å². The van der Waals surface area contributed by atoms with Crippen LogP contribution in [0.4, 0.5) is 16.2 Å². The van der Waals surface area contributed by atoms with Crippen molar-refractivity contribution < 1.29 is 17.9 Å². The van der Waals surface area contributed by atoms with Crippen LogP contribution in [0.25, 0.3) is 0 Å². The maximum Gasteiger partial charge on any atom is 0.410 e. The quantitative estimate of drug-likeness (QED) is 0.321. The number of hydrogen-bond donors (Lipinski definition) is 1. The first kappa shape index (κ1) is 23.8. The van der Waals surface area contributed by atoms with Gasteiger partial charge in [0.25, 0.3) is 0 Å². The number of nitrogens with zero attached hydrogens (tertiary/aromatic N) is 4. The number of sulfone groups is 1. The Balaban J connectivity index is 2.29. The summed E-state index contributed by atoms with van der Waals surface area (Å²) in [7, 11) is -3.41. The Morgan fingerprint density at radius 1 is 1.27 bits per heavy atom. The molecule has 30 heavy (non-hydrogen) atoms. The minimum absolute atomic E-state index is 0.148. The lowest BCUT2D eigenvalue weighted by Gasteiger charge is -2.37. The van der Waals surface area contributed by atoms with E-state index < -0.39 is 15.4 Å². The number of amides is 1. The fourth-order valence-corrected chi connectivity index (χ4v) is 3.81. The number of aliphatic imine (C=N–C) groups is 1. The summed E-state index contributed by atoms with van der Waals surface area (Å²) >= 11 is 1.25. The van der Waals surface area contributed by atoms with Gasteiger partial charge in [0.2, 0.25) is 0 Å². The molecular formula is C19H27N5O4S2. The molecule has 1 aromatic rings. The van der Waals surface area contributed by atoms with Gasteiger partial charge in [-0.3, -0.25) is 5.32 Å². The molecule has 1 amide bonds. The van der Waals surface area contributed by atoms with Crippen LogP contribution >= 0.6 is 11.8 Å². The molecule has 1 aliphatic rings. The normalized spacial score (nSPS) is 15.5. The summed E-state index contributed by atoms with van der Waals surface area (Å²) in [5.74, 6) is 0. The molecule has 0 spiro atoms. The van der Waals surface area contributed by atoms with Crippen molar-refractivity contribution in [3.63, 3.8) is 0 Å². The first-order valence-electron chi connectivity index (χ1n) is 9.29. The van der Waals surface area contributed by atoms with Crippen LogP contribution in [0.1, 0.15) is 20.8 Å². The van der Waals surface area contributed by atoms with Gasteiger partial charge in [0.15, 0.2) is 21.2 Å². The van der Waals surface area contributed by atoms with E-state index in [-0.39, 0.29) is 11.0 Å². The van der Waals surface area contributed by atoms with Gasteiger partial charge >= 0.3 is 6.09 Å². The molecule has 0 atom stereocenters. The van der Waals surface area contributed by atoms with E-state index in [1.165, 1.54) is 17.8 Å². The molecule has 1 fully saturated rings. The summed E-state index contributed by atoms with van der Waals surface area (Å²) in [6, 6.07) is 4.75. The Morgan fingerprint density at radius 2 is 1.90 bits per heavy atom. The number of rotatable bonds is 3. The van der Waals surface area contributed by atoms with Crippen molar-refractivity contribution in [2.24, 2.45) is 4.99 Å². The van der Waals surface area contributed by atoms with Gasteiger partial charge in [-0.05, 0) is 45.2 Å². The molecule has 0 saturated carbocycles. The number of hydrogen-bond acceptors (Lipinski definition) is 8. The second-order valence-electron chi connectivity index (χ2n) is 7.74. The number of anilines is 1. The minimum atomic E-state index is -3.41. The summed E-state index contributed by atoms with van der Waals surface area (Å²) in [6.45, 7) is 7.50. The van der Waals surface area contributed by atoms with E-state index in [1.807, 2.05) is 31.9 Å². The highest BCUT2D eigenvalue weighted by molar-refractivity contribution is 8.13. The van der Waals surface area contributed by atoms with Crippen molar-refractivity contribution in [2.45, 2.75) is 31.3 Å². The van der Waals surface area contributed by atoms with E-state index in [2.05, 4.69) is 10.3 Å². The van der Waals surface area contributed by atoms with Crippen LogP contribution in [0, 0.1) is 11.5 Å². The lowest BCUT2D eigenvalue weighted by molar-refractivity contribution is 0.0240. The second-order valence-corrected chi connectivity index (χ2v) is 10.5. The standard InChI is InChI=1S/C19H27N5O4S2/c1-19(2,3)28-18(25)24-10-8-23(9-11-24)16-7-6-14(30(5,26)27)12-15(16)22-17(29-4)21-13-20/h6-7,12H,8-11H2,1-5H3,(H,21,22). The van der Waals surface area contributed by atoms with E-state index in [1.54, 1.807) is 23.3 Å². The van der Waals surface area contributed by atoms with Crippen LogP contribution in [-0.2, 0) is 14.6 Å². The first-order chi connectivity index (χ1) is 13.9. The Morgan fingerprint density at radius 3 is 2.40 bits per heavy atom. The van der Waals surface area contributed by atoms with E-state index in [4.69, 9.17) is 10.00 Å². The SMILES string of the molecule is CSC(=Nc1cc(S(C)(=O)=O)ccc1N1CCN(C(=O)OC(C)(C)C)CC1)NC#N. The number of thioether (sulfide) groups is 1. The van der Waals surface area contributed by atoms with E-state index >= 15 is 0 Å². The average Bonchev–Trinajstić information content (AvgIpc) is 2.65. The summed E-state index contributed by atoms with van der Waals surface area (Å²) in [6.07, 6.45) is 4.38. The summed E-state index contributed by atoms with van der Waals surface area (Å²) in [5.41, 5.74) is 0.618. The number of nitriles is 1. The van der Waals surface area contributed by atoms with Crippen LogP contribution < -0.4 is 10.2 Å². The predicted octanol–water partition coefficient (Wildman–Crippen LogP) is 2.57. The molecule has 9 nitrogen and oxygen atoms in total. The molecule has 11 heteroatoms. The fourth-order valence-electron chi connectivity index (χ4n) is 2.83. The van der Waals surface area contributed by atoms with Gasteiger partial charge < -0.3 is 14.5 Å². The second kappa shape index (κ2) is 9.57. The van der Waals surface area contributed by atoms with Gasteiger partial charge in [-0.1, -0.05) is 11.8 Å². The van der Waals surface area contributed by atoms with Crippen LogP contribution in [0.15, 0.2) is 28.1 Å². The summed E-state index contributed by atoms with van der Waals surface area (Å²) < 4.78 is 29.4. The number of carbonyl (C=O) groups excluding carboxylic acids is 1. The van der Waals surface area contributed by atoms with Crippen LogP contribution in [-0.4, -0.2) is 68.9 Å². The highest BCUT2D eigenvalue weighted by Crippen LogP contribution is 2.33. The molecule has 0 unspecified atom stereocenters. The zero-order valence-corrected chi connectivity index (χ0v) is 19.4. The van der Waals surface area contributed by atoms with E-state index in [9.17, 15) is 13.2 Å². The van der Waals surface area contributed by atoms with Crippen molar-refractivity contribution in [3.05, 3.63) is 18.2 Å². The van der Waals surface area contributed by atoms with Crippen LogP contribution in [0.2, 0.25) is 0 Å². The van der Waals surface area contributed by atoms with Gasteiger partial charge in [0.05, 0.1) is 16.3 Å². The molecule has 1 heterocycles. The number of piperazine rings is 1. The molecular weight excluding hydrogens is 426 g/mol. The predicted molar refractivity (Wildman–Crippen MR) is 119 cm³/mol. The molecule has 0 aliphatic carbocycles. The number of amidine groups is 1. The van der Waals surface area contributed by atoms with Crippen molar-refractivity contribution >= 4 is 44.2 Å². The van der Waals surface area contributed by atoms with Crippen LogP contribution in [0.5, 0.6) is 0 Å². The van der Waals surface area contributed by atoms with E-state index in [0.29, 0.717) is 37.0 Å². The third-order valence-electron chi connectivity index (χ3n) is 4.23. The van der Waals surface area contributed by atoms with E-state index in [0.717, 1.165) is 11.9 Å². The maximum absolute atomic E-state index is 12.3. The average molecular weight is 454 g/mol. The van der Waals surface area contributed by atoms with Gasteiger partial charge in [-0.15, -0.1) is 0 Å². The molecule has 1 saturated heterocycles. The number of ether oxygens (including phenoxy) is 1. The van der Waals surface area contributed by atoms with Gasteiger partial charge in [-0.25, -0.2) is 18.2 Å². The Hall–Kier alpha value is -2.45. The molecule has 0 radical (unpaired) electrons. The highest BCUT2D eigenvalue weighted by Gasteiger charge is 2.27. The lowest BCUT2D eigenvalue weighted by atomic mass is 10.2. The molecule has 164 valence electrons. The summed E-state index contributed by atoms with van der Waals surface area (Å²) in [5, 5.41) is 11.8. The molecule has 0 aromatic heterocycles. The van der Waals surface area contributed by atoms with Crippen molar-refractivity contribution in [1.82, 2.24) is 10.2 Å². The van der Waals surface area contributed by atoms with Crippen molar-refractivity contribution in [3.8, 4) is 6.19 Å². The third kappa shape index (κ3) is 6.53.